The van der Waals surface area contributed by atoms with Gasteiger partial charge < -0.3 is 0 Å². The molecule has 0 aliphatic rings. The van der Waals surface area contributed by atoms with Crippen molar-refractivity contribution >= 4 is 27.0 Å². The second-order valence-corrected chi connectivity index (χ2v) is 4.88. The molecular weight excluding hydrogens is 276 g/mol. The molecular formula is C14H11BrN2. The van der Waals surface area contributed by atoms with Gasteiger partial charge in [-0.2, -0.15) is 0 Å². The Morgan fingerprint density at radius 2 is 1.82 bits per heavy atom. The first-order chi connectivity index (χ1) is 8.25. The summed E-state index contributed by atoms with van der Waals surface area (Å²) < 4.78 is 3.24. The summed E-state index contributed by atoms with van der Waals surface area (Å²) in [7, 11) is 0. The Kier molecular flexibility index (Phi) is 2.48. The largest absolute Gasteiger partial charge is 0.296 e. The molecule has 0 bridgehead atoms. The van der Waals surface area contributed by atoms with Crippen LogP contribution in [0.1, 0.15) is 5.82 Å². The van der Waals surface area contributed by atoms with Crippen LogP contribution in [-0.2, 0) is 0 Å². The first-order valence-corrected chi connectivity index (χ1v) is 6.25. The molecule has 2 nitrogen and oxygen atoms in total. The van der Waals surface area contributed by atoms with Crippen LogP contribution in [0.3, 0.4) is 0 Å². The predicted octanol–water partition coefficient (Wildman–Crippen LogP) is 4.10. The fourth-order valence-corrected chi connectivity index (χ4v) is 2.42. The Balaban J connectivity index is 2.35. The lowest BCUT2D eigenvalue weighted by molar-refractivity contribution is 1.00. The van der Waals surface area contributed by atoms with Gasteiger partial charge in [0.15, 0.2) is 0 Å². The van der Waals surface area contributed by atoms with Crippen molar-refractivity contribution in [1.82, 2.24) is 9.55 Å². The Hall–Kier alpha value is -1.61. The van der Waals surface area contributed by atoms with E-state index >= 15 is 0 Å². The van der Waals surface area contributed by atoms with Crippen molar-refractivity contribution in [2.45, 2.75) is 6.92 Å². The monoisotopic (exact) mass is 286 g/mol. The van der Waals surface area contributed by atoms with E-state index in [0.29, 0.717) is 0 Å². The van der Waals surface area contributed by atoms with E-state index < -0.39 is 0 Å². The van der Waals surface area contributed by atoms with E-state index in [2.05, 4.69) is 43.7 Å². The molecule has 84 valence electrons. The zero-order valence-corrected chi connectivity index (χ0v) is 11.0. The summed E-state index contributed by atoms with van der Waals surface area (Å²) in [6.07, 6.45) is 0. The Morgan fingerprint density at radius 1 is 1.06 bits per heavy atom. The molecule has 0 atom stereocenters. The molecule has 0 fully saturated rings. The molecule has 0 saturated heterocycles. The summed E-state index contributed by atoms with van der Waals surface area (Å²) in [6, 6.07) is 16.4. The lowest BCUT2D eigenvalue weighted by atomic mass is 10.3. The van der Waals surface area contributed by atoms with Crippen molar-refractivity contribution in [1.29, 1.82) is 0 Å². The van der Waals surface area contributed by atoms with Crippen molar-refractivity contribution in [2.75, 3.05) is 0 Å². The van der Waals surface area contributed by atoms with E-state index in [4.69, 9.17) is 0 Å². The minimum Gasteiger partial charge on any atom is -0.296 e. The summed E-state index contributed by atoms with van der Waals surface area (Å²) in [5.74, 6) is 1.00. The van der Waals surface area contributed by atoms with Gasteiger partial charge in [-0.3, -0.25) is 4.57 Å². The van der Waals surface area contributed by atoms with Gasteiger partial charge in [-0.15, -0.1) is 0 Å². The van der Waals surface area contributed by atoms with Gasteiger partial charge in [0, 0.05) is 10.2 Å². The fraction of sp³-hybridized carbons (Fsp3) is 0.0714. The summed E-state index contributed by atoms with van der Waals surface area (Å²) >= 11 is 3.51. The Bertz CT molecular complexity index is 671. The Morgan fingerprint density at radius 3 is 2.59 bits per heavy atom. The predicted molar refractivity (Wildman–Crippen MR) is 73.5 cm³/mol. The molecule has 3 aromatic rings. The van der Waals surface area contributed by atoms with Crippen LogP contribution < -0.4 is 0 Å². The van der Waals surface area contributed by atoms with Crippen LogP contribution in [-0.4, -0.2) is 9.55 Å². The molecule has 1 heterocycles. The second kappa shape index (κ2) is 4.00. The van der Waals surface area contributed by atoms with Crippen LogP contribution >= 0.6 is 15.9 Å². The van der Waals surface area contributed by atoms with Gasteiger partial charge in [-0.05, 0) is 37.3 Å². The minimum atomic E-state index is 1.00. The zero-order chi connectivity index (χ0) is 11.8. The molecule has 0 aliphatic carbocycles. The highest BCUT2D eigenvalue weighted by molar-refractivity contribution is 9.10. The van der Waals surface area contributed by atoms with Crippen molar-refractivity contribution in [3.63, 3.8) is 0 Å². The van der Waals surface area contributed by atoms with Crippen molar-refractivity contribution in [3.05, 3.63) is 58.8 Å². The maximum absolute atomic E-state index is 4.57. The summed E-state index contributed by atoms with van der Waals surface area (Å²) in [6.45, 7) is 2.03. The van der Waals surface area contributed by atoms with E-state index in [9.17, 15) is 0 Å². The average Bonchev–Trinajstić information content (AvgIpc) is 2.65. The molecule has 1 aromatic heterocycles. The van der Waals surface area contributed by atoms with E-state index in [1.807, 2.05) is 37.3 Å². The fourth-order valence-electron chi connectivity index (χ4n) is 2.07. The summed E-state index contributed by atoms with van der Waals surface area (Å²) in [5, 5.41) is 0. The molecule has 0 N–H and O–H groups in total. The topological polar surface area (TPSA) is 17.8 Å². The van der Waals surface area contributed by atoms with Gasteiger partial charge in [0.1, 0.15) is 5.82 Å². The van der Waals surface area contributed by atoms with E-state index in [0.717, 1.165) is 27.0 Å². The first-order valence-electron chi connectivity index (χ1n) is 5.46. The molecule has 3 rings (SSSR count). The van der Waals surface area contributed by atoms with Crippen LogP contribution in [0.4, 0.5) is 0 Å². The van der Waals surface area contributed by atoms with Gasteiger partial charge >= 0.3 is 0 Å². The number of rotatable bonds is 1. The molecule has 2 aromatic carbocycles. The maximum Gasteiger partial charge on any atom is 0.111 e. The third-order valence-corrected chi connectivity index (χ3v) is 3.29. The van der Waals surface area contributed by atoms with Crippen LogP contribution in [0.15, 0.2) is 53.0 Å². The van der Waals surface area contributed by atoms with Gasteiger partial charge in [0.25, 0.3) is 0 Å². The molecule has 0 radical (unpaired) electrons. The highest BCUT2D eigenvalue weighted by Crippen LogP contribution is 2.24. The zero-order valence-electron chi connectivity index (χ0n) is 9.39. The molecule has 0 amide bonds. The second-order valence-electron chi connectivity index (χ2n) is 3.96. The number of benzene rings is 2. The maximum atomic E-state index is 4.57. The third kappa shape index (κ3) is 1.76. The van der Waals surface area contributed by atoms with Crippen molar-refractivity contribution < 1.29 is 0 Å². The number of hydrogen-bond donors (Lipinski definition) is 0. The van der Waals surface area contributed by atoms with E-state index in [-0.39, 0.29) is 0 Å². The van der Waals surface area contributed by atoms with E-state index in [1.165, 1.54) is 0 Å². The number of halogens is 1. The summed E-state index contributed by atoms with van der Waals surface area (Å²) in [4.78, 5) is 4.57. The van der Waals surface area contributed by atoms with Gasteiger partial charge in [-0.1, -0.05) is 34.1 Å². The highest BCUT2D eigenvalue weighted by atomic mass is 79.9. The number of para-hydroxylation sites is 1. The lowest BCUT2D eigenvalue weighted by Gasteiger charge is -2.06. The average molecular weight is 287 g/mol. The standard InChI is InChI=1S/C14H11BrN2/c1-10-16-13-8-7-11(15)9-14(13)17(10)12-5-3-2-4-6-12/h2-9H,1H3. The molecule has 17 heavy (non-hydrogen) atoms. The van der Waals surface area contributed by atoms with Crippen LogP contribution in [0.2, 0.25) is 0 Å². The van der Waals surface area contributed by atoms with Gasteiger partial charge in [0.05, 0.1) is 11.0 Å². The van der Waals surface area contributed by atoms with E-state index in [1.54, 1.807) is 0 Å². The molecule has 0 saturated carbocycles. The third-order valence-electron chi connectivity index (χ3n) is 2.80. The Labute approximate surface area is 108 Å². The van der Waals surface area contributed by atoms with Gasteiger partial charge in [0.2, 0.25) is 0 Å². The minimum absolute atomic E-state index is 1.00. The molecule has 0 spiro atoms. The van der Waals surface area contributed by atoms with Crippen LogP contribution in [0.25, 0.3) is 16.7 Å². The smallest absolute Gasteiger partial charge is 0.111 e. The van der Waals surface area contributed by atoms with Crippen LogP contribution in [0.5, 0.6) is 0 Å². The highest BCUT2D eigenvalue weighted by Gasteiger charge is 2.08. The quantitative estimate of drug-likeness (QED) is 0.659. The van der Waals surface area contributed by atoms with Crippen LogP contribution in [0, 0.1) is 6.92 Å². The molecule has 0 unspecified atom stereocenters. The first kappa shape index (κ1) is 10.5. The number of aromatic nitrogens is 2. The molecule has 3 heteroatoms. The number of hydrogen-bond acceptors (Lipinski definition) is 1. The van der Waals surface area contributed by atoms with Crippen molar-refractivity contribution in [2.24, 2.45) is 0 Å². The number of aryl methyl sites for hydroxylation is 1. The van der Waals surface area contributed by atoms with Crippen molar-refractivity contribution in [3.8, 4) is 5.69 Å². The normalized spacial score (nSPS) is 10.9. The number of nitrogens with zero attached hydrogens (tertiary/aromatic N) is 2. The number of fused-ring (bicyclic) bond motifs is 1. The van der Waals surface area contributed by atoms with Gasteiger partial charge in [-0.25, -0.2) is 4.98 Å². The molecule has 0 aliphatic heterocycles. The number of imidazole rings is 1. The lowest BCUT2D eigenvalue weighted by Crippen LogP contribution is -1.95. The SMILES string of the molecule is Cc1nc2ccc(Br)cc2n1-c1ccccc1. The summed E-state index contributed by atoms with van der Waals surface area (Å²) in [5.41, 5.74) is 3.29.